The van der Waals surface area contributed by atoms with E-state index in [2.05, 4.69) is 47.2 Å². The molecule has 0 fully saturated rings. The quantitative estimate of drug-likeness (QED) is 0.811. The van der Waals surface area contributed by atoms with Crippen molar-refractivity contribution in [3.05, 3.63) is 20.8 Å². The summed E-state index contributed by atoms with van der Waals surface area (Å²) >= 11 is 7.95. The first-order valence-corrected chi connectivity index (χ1v) is 5.35. The average molecular weight is 310 g/mol. The van der Waals surface area contributed by atoms with E-state index in [-0.39, 0.29) is 0 Å². The molecule has 0 aromatic carbocycles. The molecular formula is C5H2Br2N4S. The zero-order valence-electron chi connectivity index (χ0n) is 5.61. The van der Waals surface area contributed by atoms with Gasteiger partial charge in [-0.25, -0.2) is 4.68 Å². The van der Waals surface area contributed by atoms with E-state index in [0.29, 0.717) is 0 Å². The summed E-state index contributed by atoms with van der Waals surface area (Å²) in [5, 5.41) is 12.5. The van der Waals surface area contributed by atoms with Gasteiger partial charge in [-0.05, 0) is 31.9 Å². The third kappa shape index (κ3) is 1.57. The number of hydrogen-bond acceptors (Lipinski definition) is 4. The molecule has 0 radical (unpaired) electrons. The van der Waals surface area contributed by atoms with E-state index >= 15 is 0 Å². The predicted octanol–water partition coefficient (Wildman–Crippen LogP) is 2.25. The lowest BCUT2D eigenvalue weighted by atomic mass is 10.7. The Labute approximate surface area is 88.9 Å². The first-order valence-electron chi connectivity index (χ1n) is 2.95. The number of hydrogen-bond donors (Lipinski definition) is 0. The third-order valence-electron chi connectivity index (χ3n) is 1.14. The van der Waals surface area contributed by atoms with Crippen molar-refractivity contribution in [3.8, 4) is 5.13 Å². The van der Waals surface area contributed by atoms with Crippen molar-refractivity contribution in [1.82, 2.24) is 20.0 Å². The highest BCUT2D eigenvalue weighted by Crippen LogP contribution is 2.19. The van der Waals surface area contributed by atoms with Crippen molar-refractivity contribution in [1.29, 1.82) is 0 Å². The van der Waals surface area contributed by atoms with Gasteiger partial charge in [0.25, 0.3) is 0 Å². The number of halogens is 2. The molecule has 0 saturated heterocycles. The molecule has 0 aliphatic heterocycles. The highest BCUT2D eigenvalue weighted by molar-refractivity contribution is 9.11. The van der Waals surface area contributed by atoms with E-state index in [9.17, 15) is 0 Å². The molecule has 2 aromatic rings. The van der Waals surface area contributed by atoms with Crippen molar-refractivity contribution in [3.63, 3.8) is 0 Å². The molecule has 62 valence electrons. The zero-order valence-corrected chi connectivity index (χ0v) is 9.60. The molecule has 0 aliphatic carbocycles. The summed E-state index contributed by atoms with van der Waals surface area (Å²) < 4.78 is 3.34. The predicted molar refractivity (Wildman–Crippen MR) is 52.4 cm³/mol. The Morgan fingerprint density at radius 2 is 2.17 bits per heavy atom. The summed E-state index contributed by atoms with van der Waals surface area (Å²) in [4.78, 5) is 0. The lowest BCUT2D eigenvalue weighted by Crippen LogP contribution is -1.92. The van der Waals surface area contributed by atoms with Gasteiger partial charge in [0.2, 0.25) is 5.13 Å². The van der Waals surface area contributed by atoms with Crippen LogP contribution in [-0.4, -0.2) is 20.0 Å². The molecule has 0 spiro atoms. The van der Waals surface area contributed by atoms with Crippen molar-refractivity contribution in [2.75, 3.05) is 0 Å². The maximum Gasteiger partial charge on any atom is 0.233 e. The Morgan fingerprint density at radius 3 is 2.67 bits per heavy atom. The average Bonchev–Trinajstić information content (AvgIpc) is 2.58. The van der Waals surface area contributed by atoms with E-state index in [0.717, 1.165) is 13.5 Å². The van der Waals surface area contributed by atoms with Crippen LogP contribution in [0.4, 0.5) is 0 Å². The van der Waals surface area contributed by atoms with E-state index in [1.54, 1.807) is 10.9 Å². The van der Waals surface area contributed by atoms with Crippen LogP contribution in [0.1, 0.15) is 0 Å². The standard InChI is InChI=1S/C5H2Br2N4S/c6-3-1-8-11(2-3)5-10-9-4(7)12-5/h1-2H. The second kappa shape index (κ2) is 3.23. The monoisotopic (exact) mass is 308 g/mol. The van der Waals surface area contributed by atoms with Crippen molar-refractivity contribution in [2.45, 2.75) is 0 Å². The Hall–Kier alpha value is -0.270. The van der Waals surface area contributed by atoms with Crippen LogP contribution in [0.15, 0.2) is 20.8 Å². The summed E-state index contributed by atoms with van der Waals surface area (Å²) in [6, 6.07) is 0. The molecular weight excluding hydrogens is 308 g/mol. The van der Waals surface area contributed by atoms with Gasteiger partial charge in [0, 0.05) is 6.20 Å². The highest BCUT2D eigenvalue weighted by atomic mass is 79.9. The summed E-state index contributed by atoms with van der Waals surface area (Å²) in [6.07, 6.45) is 3.53. The molecule has 2 heterocycles. The molecule has 0 amide bonds. The zero-order chi connectivity index (χ0) is 8.55. The second-order valence-electron chi connectivity index (χ2n) is 1.94. The maximum atomic E-state index is 4.06. The molecule has 7 heteroatoms. The van der Waals surface area contributed by atoms with E-state index in [4.69, 9.17) is 0 Å². The van der Waals surface area contributed by atoms with E-state index < -0.39 is 0 Å². The van der Waals surface area contributed by atoms with E-state index in [1.807, 2.05) is 6.20 Å². The van der Waals surface area contributed by atoms with Crippen LogP contribution in [0.3, 0.4) is 0 Å². The summed E-state index contributed by atoms with van der Waals surface area (Å²) in [5.74, 6) is 0. The molecule has 4 nitrogen and oxygen atoms in total. The van der Waals surface area contributed by atoms with Gasteiger partial charge in [-0.3, -0.25) is 0 Å². The fraction of sp³-hybridized carbons (Fsp3) is 0. The van der Waals surface area contributed by atoms with Crippen LogP contribution >= 0.6 is 43.2 Å². The molecule has 0 N–H and O–H groups in total. The summed E-state index contributed by atoms with van der Waals surface area (Å²) in [7, 11) is 0. The Balaban J connectivity index is 2.43. The molecule has 0 bridgehead atoms. The van der Waals surface area contributed by atoms with Crippen molar-refractivity contribution < 1.29 is 0 Å². The Bertz CT molecular complexity index is 357. The fourth-order valence-electron chi connectivity index (χ4n) is 0.696. The smallest absolute Gasteiger partial charge is 0.211 e. The topological polar surface area (TPSA) is 43.6 Å². The minimum atomic E-state index is 0.743. The molecule has 0 aliphatic rings. The van der Waals surface area contributed by atoms with Crippen LogP contribution in [0.25, 0.3) is 5.13 Å². The molecule has 0 unspecified atom stereocenters. The molecule has 2 rings (SSSR count). The normalized spacial score (nSPS) is 10.5. The van der Waals surface area contributed by atoms with Gasteiger partial charge in [-0.1, -0.05) is 11.3 Å². The second-order valence-corrected chi connectivity index (χ2v) is 5.09. The summed E-state index contributed by atoms with van der Waals surface area (Å²) in [6.45, 7) is 0. The van der Waals surface area contributed by atoms with Crippen LogP contribution < -0.4 is 0 Å². The Morgan fingerprint density at radius 1 is 1.33 bits per heavy atom. The van der Waals surface area contributed by atoms with Crippen LogP contribution in [0.5, 0.6) is 0 Å². The van der Waals surface area contributed by atoms with E-state index in [1.165, 1.54) is 11.3 Å². The molecule has 12 heavy (non-hydrogen) atoms. The Kier molecular flexibility index (Phi) is 2.24. The van der Waals surface area contributed by atoms with Gasteiger partial charge in [-0.15, -0.1) is 10.2 Å². The van der Waals surface area contributed by atoms with Gasteiger partial charge in [-0.2, -0.15) is 5.10 Å². The minimum absolute atomic E-state index is 0.743. The number of nitrogens with zero attached hydrogens (tertiary/aromatic N) is 4. The van der Waals surface area contributed by atoms with Gasteiger partial charge < -0.3 is 0 Å². The maximum absolute atomic E-state index is 4.06. The van der Waals surface area contributed by atoms with Gasteiger partial charge in [0.1, 0.15) is 0 Å². The first-order chi connectivity index (χ1) is 5.75. The lowest BCUT2D eigenvalue weighted by molar-refractivity contribution is 0.845. The fourth-order valence-corrected chi connectivity index (χ4v) is 2.00. The number of rotatable bonds is 1. The molecule has 2 aromatic heterocycles. The number of aromatic nitrogens is 4. The van der Waals surface area contributed by atoms with Crippen LogP contribution in [-0.2, 0) is 0 Å². The molecule has 0 saturated carbocycles. The van der Waals surface area contributed by atoms with Gasteiger partial charge in [0.05, 0.1) is 10.7 Å². The van der Waals surface area contributed by atoms with Gasteiger partial charge >= 0.3 is 0 Å². The molecule has 0 atom stereocenters. The largest absolute Gasteiger partial charge is 0.233 e. The van der Waals surface area contributed by atoms with Crippen LogP contribution in [0.2, 0.25) is 0 Å². The van der Waals surface area contributed by atoms with Crippen molar-refractivity contribution >= 4 is 43.2 Å². The summed E-state index contributed by atoms with van der Waals surface area (Å²) in [5.41, 5.74) is 0. The SMILES string of the molecule is Brc1cnn(-c2nnc(Br)s2)c1. The van der Waals surface area contributed by atoms with Crippen molar-refractivity contribution in [2.24, 2.45) is 0 Å². The first kappa shape index (κ1) is 8.33. The minimum Gasteiger partial charge on any atom is -0.211 e. The lowest BCUT2D eigenvalue weighted by Gasteiger charge is -1.88. The highest BCUT2D eigenvalue weighted by Gasteiger charge is 2.04. The van der Waals surface area contributed by atoms with Gasteiger partial charge in [0.15, 0.2) is 3.92 Å². The van der Waals surface area contributed by atoms with Crippen LogP contribution in [0, 0.1) is 0 Å². The third-order valence-corrected chi connectivity index (χ3v) is 2.89.